The number of carbonyl (C=O) groups is 3. The predicted octanol–water partition coefficient (Wildman–Crippen LogP) is 14.5. The summed E-state index contributed by atoms with van der Waals surface area (Å²) in [4.78, 5) is 37.7. The van der Waals surface area contributed by atoms with E-state index in [1.54, 1.807) is 0 Å². The second kappa shape index (κ2) is 43.8. The lowest BCUT2D eigenvalue weighted by Crippen LogP contribution is -2.30. The maximum atomic E-state index is 12.7. The van der Waals surface area contributed by atoms with Crippen molar-refractivity contribution in [2.75, 3.05) is 13.2 Å². The van der Waals surface area contributed by atoms with Gasteiger partial charge in [0.25, 0.3) is 0 Å². The molecule has 6 heteroatoms. The molecular weight excluding hydrogens is 685 g/mol. The lowest BCUT2D eigenvalue weighted by molar-refractivity contribution is -0.167. The number of allylic oxidation sites excluding steroid dienone is 10. The van der Waals surface area contributed by atoms with E-state index in [9.17, 15) is 14.4 Å². The van der Waals surface area contributed by atoms with Crippen LogP contribution in [-0.4, -0.2) is 37.2 Å². The van der Waals surface area contributed by atoms with Crippen LogP contribution in [0.15, 0.2) is 60.8 Å². The summed E-state index contributed by atoms with van der Waals surface area (Å²) in [5.74, 6) is -0.918. The van der Waals surface area contributed by atoms with Gasteiger partial charge in [0.1, 0.15) is 13.2 Å². The van der Waals surface area contributed by atoms with E-state index in [4.69, 9.17) is 14.2 Å². The van der Waals surface area contributed by atoms with Crippen LogP contribution in [0.5, 0.6) is 0 Å². The molecule has 0 rings (SSSR count). The summed E-state index contributed by atoms with van der Waals surface area (Å²) in [5, 5.41) is 0. The van der Waals surface area contributed by atoms with Gasteiger partial charge in [-0.3, -0.25) is 14.4 Å². The number of ether oxygens (including phenoxy) is 3. The third kappa shape index (κ3) is 42.1. The zero-order valence-electron chi connectivity index (χ0n) is 35.9. The second-order valence-electron chi connectivity index (χ2n) is 14.9. The van der Waals surface area contributed by atoms with Crippen molar-refractivity contribution in [2.45, 2.75) is 219 Å². The molecule has 0 aromatic carbocycles. The van der Waals surface area contributed by atoms with E-state index < -0.39 is 6.10 Å². The highest BCUT2D eigenvalue weighted by Crippen LogP contribution is 2.14. The highest BCUT2D eigenvalue weighted by Gasteiger charge is 2.19. The highest BCUT2D eigenvalue weighted by molar-refractivity contribution is 5.71. The van der Waals surface area contributed by atoms with Gasteiger partial charge in [-0.15, -0.1) is 0 Å². The summed E-state index contributed by atoms with van der Waals surface area (Å²) in [6.45, 7) is 6.36. The van der Waals surface area contributed by atoms with Crippen molar-refractivity contribution in [3.8, 4) is 0 Å². The molecule has 0 aliphatic rings. The Bertz CT molecular complexity index is 1020. The smallest absolute Gasteiger partial charge is 0.306 e. The lowest BCUT2D eigenvalue weighted by atomic mass is 10.1. The number of unbranched alkanes of at least 4 members (excludes halogenated alkanes) is 19. The summed E-state index contributed by atoms with van der Waals surface area (Å²) in [6.07, 6.45) is 52.0. The van der Waals surface area contributed by atoms with E-state index in [0.717, 1.165) is 116 Å². The van der Waals surface area contributed by atoms with Crippen LogP contribution in [0.4, 0.5) is 0 Å². The van der Waals surface area contributed by atoms with Crippen LogP contribution in [0, 0.1) is 0 Å². The Hall–Kier alpha value is -2.89. The largest absolute Gasteiger partial charge is 0.462 e. The molecule has 0 amide bonds. The van der Waals surface area contributed by atoms with Gasteiger partial charge in [-0.2, -0.15) is 0 Å². The molecule has 1 unspecified atom stereocenters. The molecule has 1 atom stereocenters. The van der Waals surface area contributed by atoms with E-state index in [1.807, 2.05) is 0 Å². The van der Waals surface area contributed by atoms with Crippen LogP contribution in [0.1, 0.15) is 213 Å². The molecule has 0 aliphatic carbocycles. The van der Waals surface area contributed by atoms with Crippen molar-refractivity contribution in [1.29, 1.82) is 0 Å². The van der Waals surface area contributed by atoms with Gasteiger partial charge < -0.3 is 14.2 Å². The van der Waals surface area contributed by atoms with Crippen LogP contribution in [0.2, 0.25) is 0 Å². The molecule has 0 spiro atoms. The van der Waals surface area contributed by atoms with Gasteiger partial charge in [0.2, 0.25) is 0 Å². The van der Waals surface area contributed by atoms with E-state index in [2.05, 4.69) is 81.5 Å². The summed E-state index contributed by atoms with van der Waals surface area (Å²) >= 11 is 0. The first-order chi connectivity index (χ1) is 27.0. The highest BCUT2D eigenvalue weighted by atomic mass is 16.6. The van der Waals surface area contributed by atoms with Crippen molar-refractivity contribution < 1.29 is 28.6 Å². The Labute approximate surface area is 339 Å². The fourth-order valence-electron chi connectivity index (χ4n) is 6.14. The number of rotatable bonds is 40. The zero-order valence-corrected chi connectivity index (χ0v) is 35.9. The summed E-state index contributed by atoms with van der Waals surface area (Å²) in [5.41, 5.74) is 0. The van der Waals surface area contributed by atoms with E-state index in [0.29, 0.717) is 19.3 Å². The molecule has 0 saturated heterocycles. The van der Waals surface area contributed by atoms with Gasteiger partial charge in [0.15, 0.2) is 6.10 Å². The Kier molecular flexibility index (Phi) is 41.5. The molecule has 0 fully saturated rings. The third-order valence-corrected chi connectivity index (χ3v) is 9.52. The molecule has 0 aromatic rings. The van der Waals surface area contributed by atoms with E-state index in [1.165, 1.54) is 57.8 Å². The van der Waals surface area contributed by atoms with E-state index in [-0.39, 0.29) is 31.1 Å². The number of hydrogen-bond acceptors (Lipinski definition) is 6. The normalized spacial score (nSPS) is 12.6. The Balaban J connectivity index is 4.38. The molecular formula is C49H84O6. The number of esters is 3. The maximum absolute atomic E-state index is 12.7. The average Bonchev–Trinajstić information content (AvgIpc) is 3.18. The van der Waals surface area contributed by atoms with Crippen molar-refractivity contribution >= 4 is 17.9 Å². The average molecular weight is 769 g/mol. The predicted molar refractivity (Wildman–Crippen MR) is 233 cm³/mol. The summed E-state index contributed by atoms with van der Waals surface area (Å²) in [7, 11) is 0. The number of carbonyl (C=O) groups excluding carboxylic acids is 3. The van der Waals surface area contributed by atoms with Crippen LogP contribution >= 0.6 is 0 Å². The molecule has 6 nitrogen and oxygen atoms in total. The fraction of sp³-hybridized carbons (Fsp3) is 0.735. The molecule has 0 aromatic heterocycles. The minimum atomic E-state index is -0.782. The van der Waals surface area contributed by atoms with Crippen LogP contribution in [0.25, 0.3) is 0 Å². The van der Waals surface area contributed by atoms with Gasteiger partial charge in [0, 0.05) is 19.3 Å². The summed E-state index contributed by atoms with van der Waals surface area (Å²) in [6, 6.07) is 0. The van der Waals surface area contributed by atoms with Gasteiger partial charge in [-0.1, -0.05) is 178 Å². The molecule has 0 radical (unpaired) electrons. The molecule has 0 saturated carbocycles. The zero-order chi connectivity index (χ0) is 40.1. The first-order valence-corrected chi connectivity index (χ1v) is 22.8. The van der Waals surface area contributed by atoms with Gasteiger partial charge >= 0.3 is 17.9 Å². The molecule has 0 bridgehead atoms. The monoisotopic (exact) mass is 769 g/mol. The molecule has 0 aliphatic heterocycles. The number of hydrogen-bond donors (Lipinski definition) is 0. The molecule has 316 valence electrons. The Morgan fingerprint density at radius 3 is 1.11 bits per heavy atom. The Morgan fingerprint density at radius 2 is 0.709 bits per heavy atom. The lowest BCUT2D eigenvalue weighted by Gasteiger charge is -2.18. The van der Waals surface area contributed by atoms with Crippen molar-refractivity contribution in [2.24, 2.45) is 0 Å². The van der Waals surface area contributed by atoms with Crippen molar-refractivity contribution in [3.63, 3.8) is 0 Å². The maximum Gasteiger partial charge on any atom is 0.306 e. The van der Waals surface area contributed by atoms with Crippen LogP contribution in [0.3, 0.4) is 0 Å². The van der Waals surface area contributed by atoms with Crippen LogP contribution in [-0.2, 0) is 28.6 Å². The first kappa shape index (κ1) is 52.1. The molecule has 0 heterocycles. The van der Waals surface area contributed by atoms with Crippen molar-refractivity contribution in [3.05, 3.63) is 60.8 Å². The van der Waals surface area contributed by atoms with Crippen molar-refractivity contribution in [1.82, 2.24) is 0 Å². The summed E-state index contributed by atoms with van der Waals surface area (Å²) < 4.78 is 16.7. The second-order valence-corrected chi connectivity index (χ2v) is 14.9. The Morgan fingerprint density at radius 1 is 0.382 bits per heavy atom. The molecule has 0 N–H and O–H groups in total. The van der Waals surface area contributed by atoms with Gasteiger partial charge in [0.05, 0.1) is 0 Å². The molecule has 55 heavy (non-hydrogen) atoms. The third-order valence-electron chi connectivity index (χ3n) is 9.52. The van der Waals surface area contributed by atoms with Crippen LogP contribution < -0.4 is 0 Å². The SMILES string of the molecule is CC/C=C\C/C=C\C/C=C\CCCCCCCCC(=O)OCC(COC(=O)CCCCCCCCCCC)OC(=O)CCCCCCC/C=C\C/C=C\CC. The minimum absolute atomic E-state index is 0.0838. The topological polar surface area (TPSA) is 78.9 Å². The fourth-order valence-corrected chi connectivity index (χ4v) is 6.14. The van der Waals surface area contributed by atoms with Gasteiger partial charge in [-0.05, 0) is 77.0 Å². The quantitative estimate of drug-likeness (QED) is 0.0267. The van der Waals surface area contributed by atoms with Gasteiger partial charge in [-0.25, -0.2) is 0 Å². The standard InChI is InChI=1S/C49H84O6/c1-4-7-10-13-16-19-21-23-24-25-26-28-30-33-36-39-42-48(51)54-45-46(44-53-47(50)41-38-35-32-29-18-15-12-9-6-3)55-49(52)43-40-37-34-31-27-22-20-17-14-11-8-5-2/h7-8,10-11,16-17,19-20,23-24,46H,4-6,9,12-15,18,21-22,25-45H2,1-3H3/b10-7-,11-8-,19-16-,20-17-,24-23-. The first-order valence-electron chi connectivity index (χ1n) is 22.8. The minimum Gasteiger partial charge on any atom is -0.462 e. The van der Waals surface area contributed by atoms with E-state index >= 15 is 0 Å².